The molecular formula is C16H26O6. The van der Waals surface area contributed by atoms with E-state index in [0.29, 0.717) is 5.75 Å². The second-order valence-corrected chi connectivity index (χ2v) is 4.29. The maximum Gasteiger partial charge on any atom is 0.412 e. The van der Waals surface area contributed by atoms with Crippen LogP contribution in [0.25, 0.3) is 0 Å². The summed E-state index contributed by atoms with van der Waals surface area (Å²) in [5.74, 6) is -3.72. The molecule has 0 heterocycles. The van der Waals surface area contributed by atoms with Gasteiger partial charge in [-0.25, -0.2) is 0 Å². The fourth-order valence-corrected chi connectivity index (χ4v) is 1.99. The zero-order chi connectivity index (χ0) is 16.5. The van der Waals surface area contributed by atoms with Gasteiger partial charge in [0.05, 0.1) is 6.61 Å². The molecule has 1 rings (SSSR count). The quantitative estimate of drug-likeness (QED) is 0.633. The van der Waals surface area contributed by atoms with Gasteiger partial charge < -0.3 is 28.8 Å². The minimum atomic E-state index is -2.24. The molecule has 0 fully saturated rings. The molecule has 1 unspecified atom stereocenters. The van der Waals surface area contributed by atoms with Crippen LogP contribution in [0.5, 0.6) is 5.75 Å². The average molecular weight is 314 g/mol. The summed E-state index contributed by atoms with van der Waals surface area (Å²) >= 11 is 0. The first-order chi connectivity index (χ1) is 10.6. The number of aliphatic hydroxyl groups is 1. The lowest BCUT2D eigenvalue weighted by Gasteiger charge is -2.42. The first kappa shape index (κ1) is 18.9. The minimum Gasteiger partial charge on any atom is -0.433 e. The molecule has 0 aliphatic carbocycles. The van der Waals surface area contributed by atoms with Gasteiger partial charge in [0.1, 0.15) is 5.75 Å². The summed E-state index contributed by atoms with van der Waals surface area (Å²) in [4.78, 5) is 0. The second kappa shape index (κ2) is 9.07. The predicted molar refractivity (Wildman–Crippen MR) is 81.3 cm³/mol. The lowest BCUT2D eigenvalue weighted by molar-refractivity contribution is -0.535. The van der Waals surface area contributed by atoms with Crippen molar-refractivity contribution in [3.05, 3.63) is 30.3 Å². The summed E-state index contributed by atoms with van der Waals surface area (Å²) in [6.45, 7) is 7.94. The molecular weight excluding hydrogens is 288 g/mol. The smallest absolute Gasteiger partial charge is 0.412 e. The number of ether oxygens (including phenoxy) is 5. The van der Waals surface area contributed by atoms with E-state index in [1.54, 1.807) is 52.0 Å². The molecule has 1 aromatic carbocycles. The zero-order valence-electron chi connectivity index (χ0n) is 13.7. The number of hydrogen-bond donors (Lipinski definition) is 1. The van der Waals surface area contributed by atoms with Gasteiger partial charge in [0.15, 0.2) is 0 Å². The third-order valence-corrected chi connectivity index (χ3v) is 2.73. The fourth-order valence-electron chi connectivity index (χ4n) is 1.99. The van der Waals surface area contributed by atoms with Gasteiger partial charge in [0.2, 0.25) is 0 Å². The molecule has 1 N–H and O–H groups in total. The number of rotatable bonds is 11. The van der Waals surface area contributed by atoms with Crippen LogP contribution in [-0.4, -0.2) is 43.5 Å². The van der Waals surface area contributed by atoms with Crippen molar-refractivity contribution < 1.29 is 28.8 Å². The molecule has 0 saturated heterocycles. The zero-order valence-corrected chi connectivity index (χ0v) is 13.7. The molecule has 0 aliphatic rings. The molecule has 22 heavy (non-hydrogen) atoms. The van der Waals surface area contributed by atoms with Crippen LogP contribution in [0.3, 0.4) is 0 Å². The van der Waals surface area contributed by atoms with Crippen LogP contribution in [0.2, 0.25) is 0 Å². The van der Waals surface area contributed by atoms with Gasteiger partial charge in [-0.3, -0.25) is 0 Å². The Morgan fingerprint density at radius 3 is 1.64 bits per heavy atom. The van der Waals surface area contributed by atoms with E-state index in [9.17, 15) is 5.11 Å². The molecule has 126 valence electrons. The predicted octanol–water partition coefficient (Wildman–Crippen LogP) is 2.51. The molecule has 0 aromatic heterocycles. The Morgan fingerprint density at radius 2 is 1.23 bits per heavy atom. The molecule has 1 aromatic rings. The van der Waals surface area contributed by atoms with E-state index in [0.717, 1.165) is 0 Å². The van der Waals surface area contributed by atoms with Crippen LogP contribution in [0.4, 0.5) is 0 Å². The summed E-state index contributed by atoms with van der Waals surface area (Å²) in [6, 6.07) is 8.79. The highest BCUT2D eigenvalue weighted by Gasteiger charge is 2.60. The van der Waals surface area contributed by atoms with Gasteiger partial charge in [-0.15, -0.1) is 0 Å². The van der Waals surface area contributed by atoms with Gasteiger partial charge in [0, 0.05) is 19.8 Å². The monoisotopic (exact) mass is 314 g/mol. The van der Waals surface area contributed by atoms with E-state index in [1.165, 1.54) is 0 Å². The minimum absolute atomic E-state index is 0.179. The Kier molecular flexibility index (Phi) is 7.78. The van der Waals surface area contributed by atoms with Crippen LogP contribution in [0.1, 0.15) is 27.7 Å². The highest BCUT2D eigenvalue weighted by molar-refractivity contribution is 5.21. The van der Waals surface area contributed by atoms with Crippen molar-refractivity contribution >= 4 is 0 Å². The maximum absolute atomic E-state index is 10.9. The summed E-state index contributed by atoms with van der Waals surface area (Å²) < 4.78 is 27.7. The Labute approximate surface area is 131 Å². The van der Waals surface area contributed by atoms with Crippen molar-refractivity contribution in [2.75, 3.05) is 26.4 Å². The third kappa shape index (κ3) is 4.41. The van der Waals surface area contributed by atoms with Gasteiger partial charge in [-0.05, 0) is 39.8 Å². The molecule has 6 heteroatoms. The molecule has 0 amide bonds. The average Bonchev–Trinajstić information content (AvgIpc) is 2.49. The van der Waals surface area contributed by atoms with E-state index < -0.39 is 11.9 Å². The fraction of sp³-hybridized carbons (Fsp3) is 0.625. The Bertz CT molecular complexity index is 393. The van der Waals surface area contributed by atoms with Gasteiger partial charge in [-0.2, -0.15) is 0 Å². The topological polar surface area (TPSA) is 66.4 Å². The molecule has 0 spiro atoms. The highest BCUT2D eigenvalue weighted by Crippen LogP contribution is 2.33. The summed E-state index contributed by atoms with van der Waals surface area (Å²) in [5.41, 5.74) is 0. The van der Waals surface area contributed by atoms with Gasteiger partial charge in [-0.1, -0.05) is 18.2 Å². The van der Waals surface area contributed by atoms with Gasteiger partial charge in [0.25, 0.3) is 0 Å². The van der Waals surface area contributed by atoms with Crippen LogP contribution in [0, 0.1) is 0 Å². The molecule has 0 bridgehead atoms. The lowest BCUT2D eigenvalue weighted by atomic mass is 10.3. The number of para-hydroxylation sites is 1. The lowest BCUT2D eigenvalue weighted by Crippen LogP contribution is -2.64. The van der Waals surface area contributed by atoms with Crippen molar-refractivity contribution in [2.45, 2.75) is 39.6 Å². The van der Waals surface area contributed by atoms with Crippen molar-refractivity contribution in [3.8, 4) is 5.75 Å². The summed E-state index contributed by atoms with van der Waals surface area (Å²) in [5, 5.41) is 10.9. The molecule has 6 nitrogen and oxygen atoms in total. The van der Waals surface area contributed by atoms with E-state index in [-0.39, 0.29) is 26.4 Å². The summed E-state index contributed by atoms with van der Waals surface area (Å²) in [7, 11) is 0. The van der Waals surface area contributed by atoms with Crippen molar-refractivity contribution in [1.82, 2.24) is 0 Å². The van der Waals surface area contributed by atoms with Crippen LogP contribution in [-0.2, 0) is 18.9 Å². The van der Waals surface area contributed by atoms with Crippen LogP contribution < -0.4 is 4.74 Å². The summed E-state index contributed by atoms with van der Waals surface area (Å²) in [6.07, 6.45) is 0. The molecule has 0 saturated carbocycles. The highest BCUT2D eigenvalue weighted by atomic mass is 17.0. The standard InChI is InChI=1S/C16H26O6/c1-5-18-15(17,22-14-12-10-9-11-13-14)16(19-6-2,20-7-3)21-8-4/h9-13,17H,5-8H2,1-4H3. The van der Waals surface area contributed by atoms with Crippen molar-refractivity contribution in [2.24, 2.45) is 0 Å². The first-order valence-electron chi connectivity index (χ1n) is 7.59. The van der Waals surface area contributed by atoms with Crippen molar-refractivity contribution in [1.29, 1.82) is 0 Å². The maximum atomic E-state index is 10.9. The number of hydrogen-bond acceptors (Lipinski definition) is 6. The van der Waals surface area contributed by atoms with Crippen molar-refractivity contribution in [3.63, 3.8) is 0 Å². The van der Waals surface area contributed by atoms with Crippen LogP contribution >= 0.6 is 0 Å². The normalized spacial score (nSPS) is 14.6. The molecule has 0 aliphatic heterocycles. The molecule has 0 radical (unpaired) electrons. The van der Waals surface area contributed by atoms with E-state index in [4.69, 9.17) is 23.7 Å². The SMILES string of the molecule is CCOC(O)(Oc1ccccc1)C(OCC)(OCC)OCC. The Hall–Kier alpha value is -1.18. The first-order valence-corrected chi connectivity index (χ1v) is 7.59. The second-order valence-electron chi connectivity index (χ2n) is 4.29. The Morgan fingerprint density at radius 1 is 0.773 bits per heavy atom. The molecule has 1 atom stereocenters. The Balaban J connectivity index is 3.18. The van der Waals surface area contributed by atoms with E-state index in [2.05, 4.69) is 0 Å². The van der Waals surface area contributed by atoms with Crippen LogP contribution in [0.15, 0.2) is 30.3 Å². The third-order valence-electron chi connectivity index (χ3n) is 2.73. The van der Waals surface area contributed by atoms with E-state index >= 15 is 0 Å². The number of benzene rings is 1. The largest absolute Gasteiger partial charge is 0.433 e. The van der Waals surface area contributed by atoms with Gasteiger partial charge >= 0.3 is 11.9 Å². The van der Waals surface area contributed by atoms with E-state index in [1.807, 2.05) is 6.07 Å².